The maximum absolute atomic E-state index is 6.08. The third-order valence-electron chi connectivity index (χ3n) is 2.42. The second kappa shape index (κ2) is 8.23. The van der Waals surface area contributed by atoms with Crippen molar-refractivity contribution in [2.24, 2.45) is 0 Å². The van der Waals surface area contributed by atoms with Crippen molar-refractivity contribution in [2.45, 2.75) is 32.6 Å². The number of hydrogen-bond acceptors (Lipinski definition) is 1. The number of rotatable bonds is 7. The SMILES string of the molecule is Cc1cc(Cl)c(OCCCCCCBr)c(Cl)c1. The highest BCUT2D eigenvalue weighted by molar-refractivity contribution is 9.09. The Morgan fingerprint density at radius 1 is 1.06 bits per heavy atom. The van der Waals surface area contributed by atoms with E-state index in [0.717, 1.165) is 17.3 Å². The molecule has 96 valence electrons. The van der Waals surface area contributed by atoms with Gasteiger partial charge in [0, 0.05) is 5.33 Å². The monoisotopic (exact) mass is 338 g/mol. The number of alkyl halides is 1. The van der Waals surface area contributed by atoms with Crippen LogP contribution in [0.2, 0.25) is 10.0 Å². The van der Waals surface area contributed by atoms with Crippen LogP contribution < -0.4 is 4.74 Å². The summed E-state index contributed by atoms with van der Waals surface area (Å²) in [5, 5.41) is 2.26. The summed E-state index contributed by atoms with van der Waals surface area (Å²) in [5.74, 6) is 0.611. The smallest absolute Gasteiger partial charge is 0.156 e. The molecule has 0 aromatic heterocycles. The maximum Gasteiger partial charge on any atom is 0.156 e. The largest absolute Gasteiger partial charge is 0.490 e. The summed E-state index contributed by atoms with van der Waals surface area (Å²) < 4.78 is 5.63. The molecule has 0 amide bonds. The van der Waals surface area contributed by atoms with Crippen LogP contribution in [-0.2, 0) is 0 Å². The Kier molecular flexibility index (Phi) is 7.33. The van der Waals surface area contributed by atoms with Crippen molar-refractivity contribution in [3.8, 4) is 5.75 Å². The fourth-order valence-electron chi connectivity index (χ4n) is 1.55. The lowest BCUT2D eigenvalue weighted by atomic mass is 10.2. The molecule has 0 unspecified atom stereocenters. The lowest BCUT2D eigenvalue weighted by Gasteiger charge is -2.10. The molecule has 0 bridgehead atoms. The average Bonchev–Trinajstić information content (AvgIpc) is 2.26. The second-order valence-corrected chi connectivity index (χ2v) is 5.62. The van der Waals surface area contributed by atoms with Gasteiger partial charge in [0.05, 0.1) is 16.7 Å². The zero-order valence-corrected chi connectivity index (χ0v) is 13.0. The zero-order chi connectivity index (χ0) is 12.7. The van der Waals surface area contributed by atoms with Crippen molar-refractivity contribution in [2.75, 3.05) is 11.9 Å². The van der Waals surface area contributed by atoms with Crippen LogP contribution in [0.5, 0.6) is 5.75 Å². The summed E-state index contributed by atoms with van der Waals surface area (Å²) >= 11 is 15.6. The summed E-state index contributed by atoms with van der Waals surface area (Å²) in [4.78, 5) is 0. The normalized spacial score (nSPS) is 10.6. The molecule has 0 heterocycles. The number of unbranched alkanes of at least 4 members (excludes halogenated alkanes) is 3. The first-order valence-corrected chi connectivity index (χ1v) is 7.67. The Morgan fingerprint density at radius 3 is 2.24 bits per heavy atom. The van der Waals surface area contributed by atoms with E-state index in [9.17, 15) is 0 Å². The predicted molar refractivity (Wildman–Crippen MR) is 79.0 cm³/mol. The van der Waals surface area contributed by atoms with Crippen molar-refractivity contribution < 1.29 is 4.74 Å². The van der Waals surface area contributed by atoms with Crippen LogP contribution in [0.15, 0.2) is 12.1 Å². The van der Waals surface area contributed by atoms with Gasteiger partial charge in [0.25, 0.3) is 0 Å². The van der Waals surface area contributed by atoms with Crippen LogP contribution in [0, 0.1) is 6.92 Å². The van der Waals surface area contributed by atoms with Gasteiger partial charge in [0.1, 0.15) is 0 Å². The lowest BCUT2D eigenvalue weighted by Crippen LogP contribution is -1.99. The summed E-state index contributed by atoms with van der Waals surface area (Å²) in [5.41, 5.74) is 1.05. The van der Waals surface area contributed by atoms with Crippen molar-refractivity contribution >= 4 is 39.1 Å². The molecular weight excluding hydrogens is 323 g/mol. The Bertz CT molecular complexity index is 332. The van der Waals surface area contributed by atoms with Crippen LogP contribution >= 0.6 is 39.1 Å². The number of hydrogen-bond donors (Lipinski definition) is 0. The van der Waals surface area contributed by atoms with Crippen LogP contribution in [0.1, 0.15) is 31.2 Å². The second-order valence-electron chi connectivity index (χ2n) is 4.01. The standard InChI is InChI=1S/C13H17BrCl2O/c1-10-8-11(15)13(12(16)9-10)17-7-5-3-2-4-6-14/h8-9H,2-7H2,1H3. The first kappa shape index (κ1) is 15.1. The minimum Gasteiger partial charge on any atom is -0.490 e. The summed E-state index contributed by atoms with van der Waals surface area (Å²) in [6.07, 6.45) is 4.65. The third kappa shape index (κ3) is 5.50. The van der Waals surface area contributed by atoms with Crippen molar-refractivity contribution in [3.05, 3.63) is 27.7 Å². The maximum atomic E-state index is 6.08. The van der Waals surface area contributed by atoms with Crippen LogP contribution in [0.4, 0.5) is 0 Å². The van der Waals surface area contributed by atoms with Crippen LogP contribution in [0.25, 0.3) is 0 Å². The molecule has 0 saturated heterocycles. The quantitative estimate of drug-likeness (QED) is 0.461. The zero-order valence-electron chi connectivity index (χ0n) is 9.94. The van der Waals surface area contributed by atoms with E-state index in [1.54, 1.807) is 0 Å². The highest BCUT2D eigenvalue weighted by Gasteiger charge is 2.07. The molecule has 0 N–H and O–H groups in total. The Hall–Kier alpha value is 0.0800. The minimum absolute atomic E-state index is 0.593. The molecule has 0 radical (unpaired) electrons. The molecule has 0 fully saturated rings. The van der Waals surface area contributed by atoms with Gasteiger partial charge < -0.3 is 4.74 Å². The van der Waals surface area contributed by atoms with E-state index < -0.39 is 0 Å². The average molecular weight is 340 g/mol. The number of ether oxygens (including phenoxy) is 1. The summed E-state index contributed by atoms with van der Waals surface area (Å²) in [6.45, 7) is 2.63. The summed E-state index contributed by atoms with van der Waals surface area (Å²) in [6, 6.07) is 3.74. The van der Waals surface area contributed by atoms with Gasteiger partial charge in [-0.25, -0.2) is 0 Å². The molecule has 1 aromatic carbocycles. The molecule has 0 aliphatic heterocycles. The molecule has 0 spiro atoms. The lowest BCUT2D eigenvalue weighted by molar-refractivity contribution is 0.305. The minimum atomic E-state index is 0.593. The van der Waals surface area contributed by atoms with Crippen LogP contribution in [0.3, 0.4) is 0 Å². The molecule has 0 aliphatic rings. The van der Waals surface area contributed by atoms with E-state index in [1.165, 1.54) is 19.3 Å². The Morgan fingerprint density at radius 2 is 1.65 bits per heavy atom. The predicted octanol–water partition coefficient (Wildman–Crippen LogP) is 5.64. The van der Waals surface area contributed by atoms with Crippen LogP contribution in [-0.4, -0.2) is 11.9 Å². The third-order valence-corrected chi connectivity index (χ3v) is 3.54. The van der Waals surface area contributed by atoms with E-state index in [1.807, 2.05) is 19.1 Å². The number of aryl methyl sites for hydroxylation is 1. The molecule has 0 aliphatic carbocycles. The van der Waals surface area contributed by atoms with Gasteiger partial charge in [-0.15, -0.1) is 0 Å². The van der Waals surface area contributed by atoms with Crippen molar-refractivity contribution in [1.82, 2.24) is 0 Å². The van der Waals surface area contributed by atoms with Crippen molar-refractivity contribution in [3.63, 3.8) is 0 Å². The molecule has 17 heavy (non-hydrogen) atoms. The van der Waals surface area contributed by atoms with Crippen molar-refractivity contribution in [1.29, 1.82) is 0 Å². The van der Waals surface area contributed by atoms with E-state index in [0.29, 0.717) is 22.4 Å². The molecule has 0 atom stereocenters. The van der Waals surface area contributed by atoms with E-state index in [2.05, 4.69) is 15.9 Å². The molecular formula is C13H17BrCl2O. The Balaban J connectivity index is 2.36. The molecule has 4 heteroatoms. The highest BCUT2D eigenvalue weighted by atomic mass is 79.9. The Labute approximate surface area is 122 Å². The number of benzene rings is 1. The fraction of sp³-hybridized carbons (Fsp3) is 0.538. The fourth-order valence-corrected chi connectivity index (χ4v) is 2.65. The molecule has 0 saturated carbocycles. The van der Waals surface area contributed by atoms with Gasteiger partial charge >= 0.3 is 0 Å². The van der Waals surface area contributed by atoms with Gasteiger partial charge in [0.15, 0.2) is 5.75 Å². The van der Waals surface area contributed by atoms with Gasteiger partial charge in [-0.3, -0.25) is 0 Å². The first-order valence-electron chi connectivity index (χ1n) is 5.79. The van der Waals surface area contributed by atoms with Gasteiger partial charge in [-0.1, -0.05) is 52.0 Å². The van der Waals surface area contributed by atoms with E-state index in [4.69, 9.17) is 27.9 Å². The van der Waals surface area contributed by atoms with E-state index in [-0.39, 0.29) is 0 Å². The summed E-state index contributed by atoms with van der Waals surface area (Å²) in [7, 11) is 0. The van der Waals surface area contributed by atoms with Gasteiger partial charge in [-0.05, 0) is 37.5 Å². The molecule has 1 nitrogen and oxygen atoms in total. The number of halogens is 3. The highest BCUT2D eigenvalue weighted by Crippen LogP contribution is 2.34. The first-order chi connectivity index (χ1) is 8.15. The molecule has 1 rings (SSSR count). The topological polar surface area (TPSA) is 9.23 Å². The van der Waals surface area contributed by atoms with Gasteiger partial charge in [0.2, 0.25) is 0 Å². The molecule has 1 aromatic rings. The van der Waals surface area contributed by atoms with E-state index >= 15 is 0 Å². The van der Waals surface area contributed by atoms with Gasteiger partial charge in [-0.2, -0.15) is 0 Å².